The molecule has 2 amide bonds. The van der Waals surface area contributed by atoms with Gasteiger partial charge in [-0.2, -0.15) is 5.10 Å². The van der Waals surface area contributed by atoms with Crippen molar-refractivity contribution in [3.8, 4) is 0 Å². The Bertz CT molecular complexity index is 937. The quantitative estimate of drug-likeness (QED) is 0.782. The molecule has 2 aromatic carbocycles. The Morgan fingerprint density at radius 2 is 1.67 bits per heavy atom. The largest absolute Gasteiger partial charge is 0.340 e. The zero-order valence-electron chi connectivity index (χ0n) is 17.0. The summed E-state index contributed by atoms with van der Waals surface area (Å²) in [5.41, 5.74) is 2.69. The van der Waals surface area contributed by atoms with E-state index in [-0.39, 0.29) is 30.2 Å². The SMILES string of the molecule is CC(=O)N1CCN(CC(=O)N2N=C(c3ccccc3)CC2c2ccc(F)cc2)CC1. The zero-order valence-corrected chi connectivity index (χ0v) is 17.0. The number of carbonyl (C=O) groups excluding carboxylic acids is 2. The smallest absolute Gasteiger partial charge is 0.257 e. The molecule has 0 saturated carbocycles. The molecule has 2 aliphatic heterocycles. The van der Waals surface area contributed by atoms with Gasteiger partial charge >= 0.3 is 0 Å². The van der Waals surface area contributed by atoms with Crippen LogP contribution in [0, 0.1) is 5.82 Å². The summed E-state index contributed by atoms with van der Waals surface area (Å²) in [6.07, 6.45) is 0.583. The third kappa shape index (κ3) is 4.41. The fourth-order valence-electron chi connectivity index (χ4n) is 3.97. The number of benzene rings is 2. The third-order valence-corrected chi connectivity index (χ3v) is 5.70. The Morgan fingerprint density at radius 1 is 1.00 bits per heavy atom. The van der Waals surface area contributed by atoms with Gasteiger partial charge in [-0.15, -0.1) is 0 Å². The van der Waals surface area contributed by atoms with E-state index in [1.165, 1.54) is 12.1 Å². The Kier molecular flexibility index (Phi) is 5.90. The van der Waals surface area contributed by atoms with Gasteiger partial charge < -0.3 is 4.90 Å². The van der Waals surface area contributed by atoms with Crippen LogP contribution >= 0.6 is 0 Å². The molecule has 30 heavy (non-hydrogen) atoms. The molecule has 1 fully saturated rings. The van der Waals surface area contributed by atoms with Crippen molar-refractivity contribution < 1.29 is 14.0 Å². The highest BCUT2D eigenvalue weighted by Gasteiger charge is 2.34. The Labute approximate surface area is 175 Å². The van der Waals surface area contributed by atoms with Gasteiger partial charge in [0.2, 0.25) is 5.91 Å². The monoisotopic (exact) mass is 408 g/mol. The van der Waals surface area contributed by atoms with Gasteiger partial charge in [-0.3, -0.25) is 14.5 Å². The minimum Gasteiger partial charge on any atom is -0.340 e. The molecule has 0 bridgehead atoms. The number of hydrogen-bond donors (Lipinski definition) is 0. The maximum atomic E-state index is 13.4. The van der Waals surface area contributed by atoms with Crippen LogP contribution in [0.3, 0.4) is 0 Å². The number of carbonyl (C=O) groups is 2. The van der Waals surface area contributed by atoms with Crippen molar-refractivity contribution in [3.05, 3.63) is 71.5 Å². The zero-order chi connectivity index (χ0) is 21.1. The first-order valence-corrected chi connectivity index (χ1v) is 10.2. The lowest BCUT2D eigenvalue weighted by Crippen LogP contribution is -2.50. The van der Waals surface area contributed by atoms with E-state index >= 15 is 0 Å². The molecule has 1 atom stereocenters. The van der Waals surface area contributed by atoms with Gasteiger partial charge in [0.15, 0.2) is 0 Å². The number of rotatable bonds is 4. The van der Waals surface area contributed by atoms with E-state index in [4.69, 9.17) is 0 Å². The Hall–Kier alpha value is -3.06. The first-order valence-electron chi connectivity index (χ1n) is 10.2. The number of hydrogen-bond acceptors (Lipinski definition) is 4. The summed E-state index contributed by atoms with van der Waals surface area (Å²) in [4.78, 5) is 28.5. The molecule has 2 heterocycles. The van der Waals surface area contributed by atoms with Crippen LogP contribution < -0.4 is 0 Å². The van der Waals surface area contributed by atoms with Gasteiger partial charge in [0.1, 0.15) is 5.82 Å². The second-order valence-electron chi connectivity index (χ2n) is 7.70. The summed E-state index contributed by atoms with van der Waals surface area (Å²) in [6.45, 7) is 4.39. The average Bonchev–Trinajstić information content (AvgIpc) is 3.21. The highest BCUT2D eigenvalue weighted by molar-refractivity contribution is 6.03. The molecule has 2 aliphatic rings. The molecule has 6 nitrogen and oxygen atoms in total. The van der Waals surface area contributed by atoms with Crippen LogP contribution in [0.15, 0.2) is 59.7 Å². The summed E-state index contributed by atoms with van der Waals surface area (Å²) in [6, 6.07) is 15.8. The van der Waals surface area contributed by atoms with E-state index < -0.39 is 0 Å². The second-order valence-corrected chi connectivity index (χ2v) is 7.70. The Morgan fingerprint density at radius 3 is 2.30 bits per heavy atom. The van der Waals surface area contributed by atoms with Crippen LogP contribution in [-0.4, -0.2) is 65.1 Å². The molecule has 4 rings (SSSR count). The minimum atomic E-state index is -0.304. The molecule has 0 radical (unpaired) electrons. The van der Waals surface area contributed by atoms with Crippen molar-refractivity contribution in [2.75, 3.05) is 32.7 Å². The van der Waals surface area contributed by atoms with Crippen LogP contribution in [0.25, 0.3) is 0 Å². The van der Waals surface area contributed by atoms with E-state index in [2.05, 4.69) is 10.0 Å². The predicted octanol–water partition coefficient (Wildman–Crippen LogP) is 2.67. The van der Waals surface area contributed by atoms with Crippen molar-refractivity contribution in [2.45, 2.75) is 19.4 Å². The second kappa shape index (κ2) is 8.75. The molecular formula is C23H25FN4O2. The van der Waals surface area contributed by atoms with Crippen molar-refractivity contribution in [1.82, 2.24) is 14.8 Å². The van der Waals surface area contributed by atoms with Crippen LogP contribution in [-0.2, 0) is 9.59 Å². The summed E-state index contributed by atoms with van der Waals surface area (Å²) in [5.74, 6) is -0.331. The summed E-state index contributed by atoms with van der Waals surface area (Å²) in [7, 11) is 0. The van der Waals surface area contributed by atoms with Gasteiger partial charge in [0, 0.05) is 39.5 Å². The molecule has 0 N–H and O–H groups in total. The van der Waals surface area contributed by atoms with Crippen LogP contribution in [0.1, 0.15) is 30.5 Å². The van der Waals surface area contributed by atoms with Crippen LogP contribution in [0.2, 0.25) is 0 Å². The number of halogens is 1. The van der Waals surface area contributed by atoms with Crippen LogP contribution in [0.4, 0.5) is 4.39 Å². The number of amides is 2. The minimum absolute atomic E-state index is 0.0639. The first-order chi connectivity index (χ1) is 14.5. The van der Waals surface area contributed by atoms with E-state index in [9.17, 15) is 14.0 Å². The van der Waals surface area contributed by atoms with E-state index in [1.54, 1.807) is 29.0 Å². The predicted molar refractivity (Wildman–Crippen MR) is 112 cm³/mol. The molecule has 0 aliphatic carbocycles. The highest BCUT2D eigenvalue weighted by Crippen LogP contribution is 2.33. The normalized spacial score (nSPS) is 19.7. The summed E-state index contributed by atoms with van der Waals surface area (Å²) >= 11 is 0. The third-order valence-electron chi connectivity index (χ3n) is 5.70. The fourth-order valence-corrected chi connectivity index (χ4v) is 3.97. The molecule has 1 saturated heterocycles. The fraction of sp³-hybridized carbons (Fsp3) is 0.348. The van der Waals surface area contributed by atoms with Gasteiger partial charge in [-0.1, -0.05) is 42.5 Å². The molecule has 7 heteroatoms. The average molecular weight is 408 g/mol. The van der Waals surface area contributed by atoms with Crippen molar-refractivity contribution in [3.63, 3.8) is 0 Å². The van der Waals surface area contributed by atoms with Crippen molar-refractivity contribution >= 4 is 17.5 Å². The standard InChI is InChI=1S/C23H25FN4O2/c1-17(29)27-13-11-26(12-14-27)16-23(30)28-22(19-7-9-20(24)10-8-19)15-21(25-28)18-5-3-2-4-6-18/h2-10,22H,11-16H2,1H3. The molecular weight excluding hydrogens is 383 g/mol. The summed E-state index contributed by atoms with van der Waals surface area (Å²) < 4.78 is 13.4. The van der Waals surface area contributed by atoms with E-state index in [0.717, 1.165) is 16.8 Å². The van der Waals surface area contributed by atoms with Crippen molar-refractivity contribution in [2.24, 2.45) is 5.10 Å². The summed E-state index contributed by atoms with van der Waals surface area (Å²) in [5, 5.41) is 6.21. The number of piperazine rings is 1. The highest BCUT2D eigenvalue weighted by atomic mass is 19.1. The number of nitrogens with zero attached hydrogens (tertiary/aromatic N) is 4. The molecule has 1 unspecified atom stereocenters. The van der Waals surface area contributed by atoms with E-state index in [0.29, 0.717) is 32.6 Å². The van der Waals surface area contributed by atoms with Crippen molar-refractivity contribution in [1.29, 1.82) is 0 Å². The van der Waals surface area contributed by atoms with Crippen LogP contribution in [0.5, 0.6) is 0 Å². The first kappa shape index (κ1) is 20.2. The molecule has 0 aromatic heterocycles. The van der Waals surface area contributed by atoms with Gasteiger partial charge in [-0.25, -0.2) is 9.40 Å². The number of hydrazone groups is 1. The Balaban J connectivity index is 1.52. The lowest BCUT2D eigenvalue weighted by molar-refractivity contribution is -0.135. The lowest BCUT2D eigenvalue weighted by Gasteiger charge is -2.34. The maximum Gasteiger partial charge on any atom is 0.257 e. The lowest BCUT2D eigenvalue weighted by atomic mass is 9.98. The van der Waals surface area contributed by atoms with Gasteiger partial charge in [0.05, 0.1) is 18.3 Å². The molecule has 0 spiro atoms. The maximum absolute atomic E-state index is 13.4. The van der Waals surface area contributed by atoms with E-state index in [1.807, 2.05) is 30.3 Å². The molecule has 156 valence electrons. The van der Waals surface area contributed by atoms with Gasteiger partial charge in [0.25, 0.3) is 5.91 Å². The van der Waals surface area contributed by atoms with Gasteiger partial charge in [-0.05, 0) is 23.3 Å². The topological polar surface area (TPSA) is 56.2 Å². The molecule has 2 aromatic rings.